The molecule has 0 aliphatic rings. The Morgan fingerprint density at radius 3 is 2.45 bits per heavy atom. The zero-order valence-corrected chi connectivity index (χ0v) is 23.8. The van der Waals surface area contributed by atoms with Crippen LogP contribution in [0, 0.1) is 0 Å². The summed E-state index contributed by atoms with van der Waals surface area (Å²) in [6.45, 7) is 4.88. The Labute approximate surface area is 240 Å². The van der Waals surface area contributed by atoms with Crippen LogP contribution in [-0.2, 0) is 11.0 Å². The molecule has 1 amide bonds. The largest absolute Gasteiger partial charge is 0.496 e. The number of amides is 1. The lowest BCUT2D eigenvalue weighted by Gasteiger charge is -2.26. The lowest BCUT2D eigenvalue weighted by Crippen LogP contribution is -2.29. The van der Waals surface area contributed by atoms with Crippen LogP contribution in [0.1, 0.15) is 5.56 Å². The summed E-state index contributed by atoms with van der Waals surface area (Å²) >= 11 is 0. The lowest BCUT2D eigenvalue weighted by molar-refractivity contribution is -0.138. The molecule has 2 aromatic carbocycles. The first-order chi connectivity index (χ1) is 20.0. The van der Waals surface area contributed by atoms with Gasteiger partial charge in [-0.15, -0.1) is 0 Å². The number of nitrogens with one attached hydrogen (secondary N) is 2. The van der Waals surface area contributed by atoms with E-state index >= 15 is 0 Å². The van der Waals surface area contributed by atoms with Gasteiger partial charge in [0.05, 0.1) is 48.4 Å². The summed E-state index contributed by atoms with van der Waals surface area (Å²) < 4.78 is 54.2. The van der Waals surface area contributed by atoms with Gasteiger partial charge in [0.2, 0.25) is 11.9 Å². The SMILES string of the molecule is C=CC(=O)Nc1cc(Nc2ncc(C(F)(F)F)c(-n3ncc4c(OC)cccc43)n2)c(OC)cc1N(C)CCN(C)C. The fraction of sp³-hybridized carbons (Fsp3) is 0.286. The van der Waals surface area contributed by atoms with E-state index in [4.69, 9.17) is 9.47 Å². The zero-order chi connectivity index (χ0) is 30.6. The quantitative estimate of drug-likeness (QED) is 0.242. The molecule has 4 aromatic rings. The Balaban J connectivity index is 1.81. The maximum absolute atomic E-state index is 14.1. The van der Waals surface area contributed by atoms with Crippen molar-refractivity contribution >= 4 is 39.8 Å². The fourth-order valence-electron chi connectivity index (χ4n) is 4.19. The second-order valence-corrected chi connectivity index (χ2v) is 9.49. The predicted molar refractivity (Wildman–Crippen MR) is 155 cm³/mol. The normalized spacial score (nSPS) is 11.5. The highest BCUT2D eigenvalue weighted by molar-refractivity contribution is 6.02. The number of benzene rings is 2. The first-order valence-electron chi connectivity index (χ1n) is 12.7. The Kier molecular flexibility index (Phi) is 8.85. The number of hydrogen-bond acceptors (Lipinski definition) is 9. The number of hydrogen-bond donors (Lipinski definition) is 2. The van der Waals surface area contributed by atoms with Gasteiger partial charge in [-0.25, -0.2) is 9.67 Å². The Morgan fingerprint density at radius 1 is 1.07 bits per heavy atom. The molecule has 0 saturated carbocycles. The fourth-order valence-corrected chi connectivity index (χ4v) is 4.19. The average molecular weight is 585 g/mol. The van der Waals surface area contributed by atoms with E-state index in [1.165, 1.54) is 20.4 Å². The molecule has 222 valence electrons. The molecule has 0 aliphatic carbocycles. The summed E-state index contributed by atoms with van der Waals surface area (Å²) in [4.78, 5) is 24.4. The topological polar surface area (TPSA) is 110 Å². The van der Waals surface area contributed by atoms with Gasteiger partial charge in [-0.1, -0.05) is 12.6 Å². The summed E-state index contributed by atoms with van der Waals surface area (Å²) in [5, 5.41) is 10.4. The molecule has 2 aromatic heterocycles. The molecule has 4 rings (SSSR count). The van der Waals surface area contributed by atoms with Crippen LogP contribution < -0.4 is 25.0 Å². The van der Waals surface area contributed by atoms with Crippen molar-refractivity contribution in [2.45, 2.75) is 6.18 Å². The third-order valence-electron chi connectivity index (χ3n) is 6.37. The molecule has 0 bridgehead atoms. The minimum Gasteiger partial charge on any atom is -0.496 e. The van der Waals surface area contributed by atoms with Crippen LogP contribution >= 0.6 is 0 Å². The smallest absolute Gasteiger partial charge is 0.421 e. The summed E-state index contributed by atoms with van der Waals surface area (Å²) in [6.07, 6.45) is -1.53. The molecule has 0 radical (unpaired) electrons. The van der Waals surface area contributed by atoms with Crippen LogP contribution in [0.15, 0.2) is 55.4 Å². The summed E-state index contributed by atoms with van der Waals surface area (Å²) in [6, 6.07) is 8.24. The van der Waals surface area contributed by atoms with Crippen LogP contribution in [0.5, 0.6) is 11.5 Å². The summed E-state index contributed by atoms with van der Waals surface area (Å²) in [5.41, 5.74) is 0.660. The molecule has 0 spiro atoms. The number of alkyl halides is 3. The van der Waals surface area contributed by atoms with Crippen LogP contribution in [0.2, 0.25) is 0 Å². The van der Waals surface area contributed by atoms with E-state index in [1.807, 2.05) is 30.9 Å². The van der Waals surface area contributed by atoms with Crippen molar-refractivity contribution in [1.29, 1.82) is 0 Å². The van der Waals surface area contributed by atoms with Gasteiger partial charge >= 0.3 is 6.18 Å². The molecule has 2 N–H and O–H groups in total. The highest BCUT2D eigenvalue weighted by Gasteiger charge is 2.36. The van der Waals surface area contributed by atoms with Crippen LogP contribution in [-0.4, -0.2) is 79.0 Å². The third-order valence-corrected chi connectivity index (χ3v) is 6.37. The van der Waals surface area contributed by atoms with Gasteiger partial charge in [-0.05, 0) is 38.4 Å². The molecule has 0 aliphatic heterocycles. The third kappa shape index (κ3) is 6.38. The molecule has 11 nitrogen and oxygen atoms in total. The van der Waals surface area contributed by atoms with Crippen LogP contribution in [0.4, 0.5) is 36.2 Å². The van der Waals surface area contributed by atoms with Crippen molar-refractivity contribution in [3.05, 3.63) is 60.9 Å². The number of anilines is 4. The molecular formula is C28H31F3N8O3. The second-order valence-electron chi connectivity index (χ2n) is 9.49. The van der Waals surface area contributed by atoms with Crippen molar-refractivity contribution in [2.75, 3.05) is 64.0 Å². The van der Waals surface area contributed by atoms with Crippen molar-refractivity contribution < 1.29 is 27.4 Å². The number of ether oxygens (including phenoxy) is 2. The monoisotopic (exact) mass is 584 g/mol. The Morgan fingerprint density at radius 2 is 1.81 bits per heavy atom. The van der Waals surface area contributed by atoms with Gasteiger partial charge in [0.15, 0.2) is 5.82 Å². The predicted octanol–water partition coefficient (Wildman–Crippen LogP) is 4.72. The van der Waals surface area contributed by atoms with E-state index in [0.717, 1.165) is 17.3 Å². The van der Waals surface area contributed by atoms with Gasteiger partial charge in [-0.2, -0.15) is 23.3 Å². The standard InChI is InChI=1S/C28H31F3N8O3/c1-7-25(40)34-19-13-20(24(42-6)14-22(19)38(4)12-11-37(2)3)35-27-32-16-18(28(29,30)31)26(36-27)39-21-9-8-10-23(41-5)17(21)15-33-39/h7-10,13-16H,1,11-12H2,2-6H3,(H,34,40)(H,32,35,36). The molecule has 42 heavy (non-hydrogen) atoms. The highest BCUT2D eigenvalue weighted by Crippen LogP contribution is 2.39. The molecule has 14 heteroatoms. The number of methoxy groups -OCH3 is 2. The number of halogens is 3. The molecule has 0 saturated heterocycles. The zero-order valence-electron chi connectivity index (χ0n) is 23.8. The van der Waals surface area contributed by atoms with Gasteiger partial charge in [0.1, 0.15) is 17.1 Å². The van der Waals surface area contributed by atoms with Crippen molar-refractivity contribution in [1.82, 2.24) is 24.6 Å². The number of aromatic nitrogens is 4. The lowest BCUT2D eigenvalue weighted by atomic mass is 10.2. The van der Waals surface area contributed by atoms with E-state index in [0.29, 0.717) is 52.2 Å². The second kappa shape index (κ2) is 12.3. The Bertz CT molecular complexity index is 1600. The molecule has 0 atom stereocenters. The maximum Gasteiger partial charge on any atom is 0.421 e. The van der Waals surface area contributed by atoms with Crippen molar-refractivity contribution in [3.8, 4) is 17.3 Å². The first kappa shape index (κ1) is 30.1. The first-order valence-corrected chi connectivity index (χ1v) is 12.7. The van der Waals surface area contributed by atoms with Gasteiger partial charge in [-0.3, -0.25) is 4.79 Å². The van der Waals surface area contributed by atoms with Gasteiger partial charge in [0, 0.05) is 32.4 Å². The number of rotatable bonds is 11. The molecule has 0 fully saturated rings. The van der Waals surface area contributed by atoms with Crippen molar-refractivity contribution in [2.24, 2.45) is 0 Å². The number of fused-ring (bicyclic) bond motifs is 1. The molecule has 0 unspecified atom stereocenters. The highest BCUT2D eigenvalue weighted by atomic mass is 19.4. The van der Waals surface area contributed by atoms with E-state index in [2.05, 4.69) is 32.3 Å². The van der Waals surface area contributed by atoms with E-state index in [9.17, 15) is 18.0 Å². The minimum absolute atomic E-state index is 0.155. The average Bonchev–Trinajstić information content (AvgIpc) is 3.39. The van der Waals surface area contributed by atoms with Gasteiger partial charge in [0.25, 0.3) is 0 Å². The maximum atomic E-state index is 14.1. The van der Waals surface area contributed by atoms with E-state index < -0.39 is 23.5 Å². The summed E-state index contributed by atoms with van der Waals surface area (Å²) in [7, 11) is 8.67. The Hall–Kier alpha value is -4.85. The number of carbonyl (C=O) groups is 1. The number of likely N-dealkylation sites (N-methyl/N-ethyl adjacent to an activating group) is 2. The minimum atomic E-state index is -4.76. The van der Waals surface area contributed by atoms with Crippen LogP contribution in [0.3, 0.4) is 0 Å². The van der Waals surface area contributed by atoms with Crippen LogP contribution in [0.25, 0.3) is 16.7 Å². The van der Waals surface area contributed by atoms with Gasteiger partial charge < -0.3 is 29.9 Å². The summed E-state index contributed by atoms with van der Waals surface area (Å²) in [5.74, 6) is -0.283. The number of carbonyl (C=O) groups excluding carboxylic acids is 1. The molecule has 2 heterocycles. The van der Waals surface area contributed by atoms with Crippen molar-refractivity contribution in [3.63, 3.8) is 0 Å². The molecular weight excluding hydrogens is 553 g/mol. The van der Waals surface area contributed by atoms with E-state index in [1.54, 1.807) is 30.3 Å². The number of nitrogens with zero attached hydrogens (tertiary/aromatic N) is 6. The van der Waals surface area contributed by atoms with E-state index in [-0.39, 0.29) is 5.95 Å².